The molecule has 0 fully saturated rings. The first-order valence-electron chi connectivity index (χ1n) is 8.55. The largest absolute Gasteiger partial charge is 0.395 e. The third-order valence-corrected chi connectivity index (χ3v) is 5.14. The molecule has 1 N–H and O–H groups in total. The molecule has 0 unspecified atom stereocenters. The lowest BCUT2D eigenvalue weighted by Gasteiger charge is -2.19. The van der Waals surface area contributed by atoms with E-state index in [-0.39, 0.29) is 24.7 Å². The molecular weight excluding hydrogens is 326 g/mol. The summed E-state index contributed by atoms with van der Waals surface area (Å²) in [6.07, 6.45) is 0. The van der Waals surface area contributed by atoms with E-state index in [9.17, 15) is 14.7 Å². The van der Waals surface area contributed by atoms with Crippen LogP contribution in [-0.2, 0) is 6.54 Å². The van der Waals surface area contributed by atoms with Crippen LogP contribution in [0.1, 0.15) is 32.0 Å². The van der Waals surface area contributed by atoms with Gasteiger partial charge < -0.3 is 9.67 Å². The van der Waals surface area contributed by atoms with Crippen molar-refractivity contribution in [3.05, 3.63) is 83.0 Å². The predicted molar refractivity (Wildman–Crippen MR) is 99.8 cm³/mol. The lowest BCUT2D eigenvalue weighted by Crippen LogP contribution is -2.23. The number of hydrogen-bond donors (Lipinski definition) is 1. The Bertz CT molecular complexity index is 1230. The summed E-state index contributed by atoms with van der Waals surface area (Å²) in [7, 11) is 0. The van der Waals surface area contributed by atoms with Gasteiger partial charge in [0.15, 0.2) is 5.78 Å². The van der Waals surface area contributed by atoms with Crippen LogP contribution in [0.2, 0.25) is 0 Å². The van der Waals surface area contributed by atoms with Crippen molar-refractivity contribution in [2.24, 2.45) is 0 Å². The van der Waals surface area contributed by atoms with Crippen LogP contribution in [-0.4, -0.2) is 27.8 Å². The number of carbonyl (C=O) groups is 2. The summed E-state index contributed by atoms with van der Waals surface area (Å²) >= 11 is 0. The third-order valence-electron chi connectivity index (χ3n) is 5.14. The lowest BCUT2D eigenvalue weighted by atomic mass is 9.84. The summed E-state index contributed by atoms with van der Waals surface area (Å²) in [4.78, 5) is 26.8. The predicted octanol–water partition coefficient (Wildman–Crippen LogP) is 3.56. The second-order valence-corrected chi connectivity index (χ2v) is 6.48. The van der Waals surface area contributed by atoms with Gasteiger partial charge in [-0.1, -0.05) is 48.5 Å². The lowest BCUT2D eigenvalue weighted by molar-refractivity contribution is 0.0974. The normalized spacial score (nSPS) is 13.3. The van der Waals surface area contributed by atoms with E-state index >= 15 is 0 Å². The summed E-state index contributed by atoms with van der Waals surface area (Å²) in [6.45, 7) is 0.171. The molecule has 0 bridgehead atoms. The summed E-state index contributed by atoms with van der Waals surface area (Å²) in [5.74, 6) is -0.288. The molecule has 0 radical (unpaired) electrons. The minimum absolute atomic E-state index is 0.102. The van der Waals surface area contributed by atoms with E-state index in [0.29, 0.717) is 22.4 Å². The van der Waals surface area contributed by atoms with Crippen LogP contribution in [0.5, 0.6) is 0 Å². The number of aromatic nitrogens is 1. The van der Waals surface area contributed by atoms with Gasteiger partial charge in [0, 0.05) is 28.6 Å². The molecule has 4 nitrogen and oxygen atoms in total. The van der Waals surface area contributed by atoms with E-state index in [1.54, 1.807) is 10.6 Å². The molecular formula is C22H15NO3. The first-order valence-corrected chi connectivity index (χ1v) is 8.55. The van der Waals surface area contributed by atoms with Crippen molar-refractivity contribution in [3.8, 4) is 0 Å². The fourth-order valence-electron chi connectivity index (χ4n) is 4.06. The van der Waals surface area contributed by atoms with E-state index in [0.717, 1.165) is 21.7 Å². The zero-order valence-electron chi connectivity index (χ0n) is 13.9. The Kier molecular flexibility index (Phi) is 3.11. The van der Waals surface area contributed by atoms with Crippen LogP contribution in [0, 0.1) is 0 Å². The molecule has 4 aromatic rings. The number of hydrogen-bond acceptors (Lipinski definition) is 3. The minimum Gasteiger partial charge on any atom is -0.395 e. The van der Waals surface area contributed by atoms with E-state index in [1.807, 2.05) is 54.6 Å². The standard InChI is InChI=1S/C22H15NO3/c24-12-11-23-17-8-4-3-7-15(17)19-20(23)22(26)18-14-6-2-1-5-13(14)9-10-16(18)21(19)25/h1-10,24H,11-12H2. The molecule has 4 heteroatoms. The van der Waals surface area contributed by atoms with Crippen LogP contribution in [0.4, 0.5) is 0 Å². The van der Waals surface area contributed by atoms with Crippen molar-refractivity contribution in [2.45, 2.75) is 6.54 Å². The molecule has 3 aromatic carbocycles. The second kappa shape index (κ2) is 5.38. The smallest absolute Gasteiger partial charge is 0.211 e. The first kappa shape index (κ1) is 15.0. The molecule has 126 valence electrons. The van der Waals surface area contributed by atoms with E-state index < -0.39 is 0 Å². The van der Waals surface area contributed by atoms with Crippen molar-refractivity contribution >= 4 is 33.2 Å². The van der Waals surface area contributed by atoms with E-state index in [1.165, 1.54) is 0 Å². The Balaban J connectivity index is 1.92. The highest BCUT2D eigenvalue weighted by molar-refractivity contribution is 6.35. The van der Waals surface area contributed by atoms with Gasteiger partial charge in [0.25, 0.3) is 0 Å². The molecule has 5 rings (SSSR count). The molecule has 1 heterocycles. The number of benzene rings is 3. The fraction of sp³-hybridized carbons (Fsp3) is 0.0909. The molecule has 0 atom stereocenters. The molecule has 0 aliphatic heterocycles. The van der Waals surface area contributed by atoms with Crippen LogP contribution >= 0.6 is 0 Å². The maximum absolute atomic E-state index is 13.5. The van der Waals surface area contributed by atoms with Gasteiger partial charge in [-0.25, -0.2) is 0 Å². The van der Waals surface area contributed by atoms with Crippen molar-refractivity contribution in [1.82, 2.24) is 4.57 Å². The SMILES string of the molecule is O=C1c2ccc3ccccc3c2C(=O)c2c1c1ccccc1n2CCO. The summed E-state index contributed by atoms with van der Waals surface area (Å²) < 4.78 is 1.77. The summed E-state index contributed by atoms with van der Waals surface area (Å²) in [5, 5.41) is 12.0. The van der Waals surface area contributed by atoms with Crippen molar-refractivity contribution in [3.63, 3.8) is 0 Å². The van der Waals surface area contributed by atoms with E-state index in [2.05, 4.69) is 0 Å². The Morgan fingerprint density at radius 3 is 2.31 bits per heavy atom. The highest BCUT2D eigenvalue weighted by Crippen LogP contribution is 2.37. The van der Waals surface area contributed by atoms with E-state index in [4.69, 9.17) is 0 Å². The maximum Gasteiger partial charge on any atom is 0.211 e. The Morgan fingerprint density at radius 2 is 1.50 bits per heavy atom. The second-order valence-electron chi connectivity index (χ2n) is 6.48. The maximum atomic E-state index is 13.5. The van der Waals surface area contributed by atoms with Gasteiger partial charge in [-0.2, -0.15) is 0 Å². The van der Waals surface area contributed by atoms with Crippen LogP contribution < -0.4 is 0 Å². The van der Waals surface area contributed by atoms with Crippen LogP contribution in [0.15, 0.2) is 60.7 Å². The fourth-order valence-corrected chi connectivity index (χ4v) is 4.06. The molecule has 0 spiro atoms. The van der Waals surface area contributed by atoms with Gasteiger partial charge >= 0.3 is 0 Å². The monoisotopic (exact) mass is 341 g/mol. The number of ketones is 2. The Morgan fingerprint density at radius 1 is 0.769 bits per heavy atom. The number of rotatable bonds is 2. The first-order chi connectivity index (χ1) is 12.7. The number of carbonyl (C=O) groups excluding carboxylic acids is 2. The van der Waals surface area contributed by atoms with Gasteiger partial charge in [0.05, 0.1) is 12.2 Å². The molecule has 1 aromatic heterocycles. The van der Waals surface area contributed by atoms with Gasteiger partial charge in [-0.15, -0.1) is 0 Å². The topological polar surface area (TPSA) is 59.3 Å². The molecule has 1 aliphatic rings. The molecule has 26 heavy (non-hydrogen) atoms. The van der Waals surface area contributed by atoms with Gasteiger partial charge in [0.2, 0.25) is 5.78 Å². The number of fused-ring (bicyclic) bond motifs is 6. The number of aliphatic hydroxyl groups excluding tert-OH is 1. The quantitative estimate of drug-likeness (QED) is 0.534. The van der Waals surface area contributed by atoms with Gasteiger partial charge in [-0.05, 0) is 22.9 Å². The third kappa shape index (κ3) is 1.82. The molecule has 0 saturated carbocycles. The molecule has 0 amide bonds. The van der Waals surface area contributed by atoms with Crippen LogP contribution in [0.25, 0.3) is 21.7 Å². The number of nitrogens with zero attached hydrogens (tertiary/aromatic N) is 1. The van der Waals surface area contributed by atoms with Gasteiger partial charge in [0.1, 0.15) is 5.69 Å². The highest BCUT2D eigenvalue weighted by atomic mass is 16.3. The zero-order valence-corrected chi connectivity index (χ0v) is 13.9. The number of para-hydroxylation sites is 1. The molecule has 0 saturated heterocycles. The highest BCUT2D eigenvalue weighted by Gasteiger charge is 2.36. The number of aliphatic hydroxyl groups is 1. The average molecular weight is 341 g/mol. The van der Waals surface area contributed by atoms with Crippen molar-refractivity contribution < 1.29 is 14.7 Å². The summed E-state index contributed by atoms with van der Waals surface area (Å²) in [6, 6.07) is 18.7. The average Bonchev–Trinajstić information content (AvgIpc) is 3.01. The summed E-state index contributed by atoms with van der Waals surface area (Å²) in [5.41, 5.74) is 2.54. The minimum atomic E-state index is -0.156. The van der Waals surface area contributed by atoms with Crippen molar-refractivity contribution in [1.29, 1.82) is 0 Å². The van der Waals surface area contributed by atoms with Crippen molar-refractivity contribution in [2.75, 3.05) is 6.61 Å². The van der Waals surface area contributed by atoms with Gasteiger partial charge in [-0.3, -0.25) is 9.59 Å². The Hall–Kier alpha value is -3.24. The zero-order chi connectivity index (χ0) is 17.8. The molecule has 1 aliphatic carbocycles. The van der Waals surface area contributed by atoms with Crippen LogP contribution in [0.3, 0.4) is 0 Å². The Labute approximate surface area is 149 Å².